The molecule has 2 rings (SSSR count). The molecule has 0 heterocycles. The molecule has 0 saturated heterocycles. The lowest BCUT2D eigenvalue weighted by molar-refractivity contribution is 0.299. The molecule has 1 atom stereocenters. The Morgan fingerprint density at radius 2 is 1.89 bits per heavy atom. The molecule has 0 bridgehead atoms. The van der Waals surface area contributed by atoms with E-state index in [-0.39, 0.29) is 5.82 Å². The number of rotatable bonds is 4. The first-order valence-electron chi connectivity index (χ1n) is 5.99. The van der Waals surface area contributed by atoms with Crippen LogP contribution in [0.4, 0.5) is 4.39 Å². The second kappa shape index (κ2) is 6.17. The van der Waals surface area contributed by atoms with Crippen molar-refractivity contribution in [2.24, 2.45) is 5.73 Å². The highest BCUT2D eigenvalue weighted by molar-refractivity contribution is 9.10. The lowest BCUT2D eigenvalue weighted by Gasteiger charge is -2.14. The molecule has 2 nitrogen and oxygen atoms in total. The van der Waals surface area contributed by atoms with E-state index in [4.69, 9.17) is 10.5 Å². The topological polar surface area (TPSA) is 35.2 Å². The van der Waals surface area contributed by atoms with Crippen LogP contribution in [0.1, 0.15) is 24.1 Å². The van der Waals surface area contributed by atoms with Gasteiger partial charge in [-0.1, -0.05) is 34.1 Å². The predicted octanol–water partition coefficient (Wildman–Crippen LogP) is 4.19. The molecule has 100 valence electrons. The van der Waals surface area contributed by atoms with Crippen LogP contribution in [-0.4, -0.2) is 0 Å². The summed E-state index contributed by atoms with van der Waals surface area (Å²) in [6.07, 6.45) is 0. The number of ether oxygens (including phenoxy) is 1. The lowest BCUT2D eigenvalue weighted by atomic mass is 10.1. The van der Waals surface area contributed by atoms with Crippen LogP contribution in [0.5, 0.6) is 5.75 Å². The molecule has 0 amide bonds. The number of benzene rings is 2. The van der Waals surface area contributed by atoms with Crippen molar-refractivity contribution in [3.63, 3.8) is 0 Å². The van der Waals surface area contributed by atoms with E-state index in [1.54, 1.807) is 19.1 Å². The molecule has 0 aliphatic heterocycles. The molecule has 0 aliphatic rings. The first-order valence-corrected chi connectivity index (χ1v) is 6.78. The number of nitrogens with two attached hydrogens (primary N) is 1. The molecule has 2 aromatic rings. The SMILES string of the molecule is C[C@@H](N)c1c(F)cccc1OCc1ccc(Br)cc1. The summed E-state index contributed by atoms with van der Waals surface area (Å²) in [5.41, 5.74) is 7.21. The molecule has 0 spiro atoms. The Hall–Kier alpha value is -1.39. The van der Waals surface area contributed by atoms with Crippen LogP contribution in [0.3, 0.4) is 0 Å². The summed E-state index contributed by atoms with van der Waals surface area (Å²) in [7, 11) is 0. The van der Waals surface area contributed by atoms with E-state index in [0.29, 0.717) is 17.9 Å². The van der Waals surface area contributed by atoms with Crippen molar-refractivity contribution in [1.82, 2.24) is 0 Å². The molecule has 0 fully saturated rings. The molecule has 19 heavy (non-hydrogen) atoms. The summed E-state index contributed by atoms with van der Waals surface area (Å²) in [6.45, 7) is 2.13. The van der Waals surface area contributed by atoms with Crippen molar-refractivity contribution in [3.05, 3.63) is 63.9 Å². The van der Waals surface area contributed by atoms with Crippen LogP contribution in [-0.2, 0) is 6.61 Å². The third-order valence-electron chi connectivity index (χ3n) is 2.78. The highest BCUT2D eigenvalue weighted by Gasteiger charge is 2.13. The van der Waals surface area contributed by atoms with Crippen LogP contribution >= 0.6 is 15.9 Å². The van der Waals surface area contributed by atoms with E-state index in [0.717, 1.165) is 10.0 Å². The summed E-state index contributed by atoms with van der Waals surface area (Å²) in [6, 6.07) is 12.1. The van der Waals surface area contributed by atoms with E-state index in [1.807, 2.05) is 24.3 Å². The van der Waals surface area contributed by atoms with E-state index >= 15 is 0 Å². The van der Waals surface area contributed by atoms with Crippen molar-refractivity contribution in [2.45, 2.75) is 19.6 Å². The standard InChI is InChI=1S/C15H15BrFNO/c1-10(18)15-13(17)3-2-4-14(15)19-9-11-5-7-12(16)8-6-11/h2-8,10H,9,18H2,1H3/t10-/m1/s1. The molecular weight excluding hydrogens is 309 g/mol. The second-order valence-corrected chi connectivity index (χ2v) is 5.27. The first-order chi connectivity index (χ1) is 9.08. The Morgan fingerprint density at radius 1 is 1.21 bits per heavy atom. The van der Waals surface area contributed by atoms with Gasteiger partial charge >= 0.3 is 0 Å². The van der Waals surface area contributed by atoms with Crippen LogP contribution in [0.2, 0.25) is 0 Å². The minimum absolute atomic E-state index is 0.330. The van der Waals surface area contributed by atoms with Gasteiger partial charge in [0, 0.05) is 16.1 Å². The lowest BCUT2D eigenvalue weighted by Crippen LogP contribution is -2.10. The summed E-state index contributed by atoms with van der Waals surface area (Å²) >= 11 is 3.37. The van der Waals surface area contributed by atoms with Crippen molar-refractivity contribution in [3.8, 4) is 5.75 Å². The Bertz CT molecular complexity index is 555. The summed E-state index contributed by atoms with van der Waals surface area (Å²) in [5, 5.41) is 0. The average molecular weight is 324 g/mol. The van der Waals surface area contributed by atoms with Crippen molar-refractivity contribution >= 4 is 15.9 Å². The van der Waals surface area contributed by atoms with Crippen LogP contribution in [0.25, 0.3) is 0 Å². The predicted molar refractivity (Wildman–Crippen MR) is 77.5 cm³/mol. The van der Waals surface area contributed by atoms with Gasteiger partial charge in [0.2, 0.25) is 0 Å². The summed E-state index contributed by atoms with van der Waals surface area (Å²) in [5.74, 6) is 0.168. The van der Waals surface area contributed by atoms with Crippen LogP contribution in [0.15, 0.2) is 46.9 Å². The molecular formula is C15H15BrFNO. The molecule has 0 saturated carbocycles. The van der Waals surface area contributed by atoms with E-state index in [9.17, 15) is 4.39 Å². The average Bonchev–Trinajstić information content (AvgIpc) is 2.37. The van der Waals surface area contributed by atoms with Crippen molar-refractivity contribution in [1.29, 1.82) is 0 Å². The Morgan fingerprint density at radius 3 is 2.53 bits per heavy atom. The Balaban J connectivity index is 2.15. The molecule has 2 aromatic carbocycles. The zero-order valence-corrected chi connectivity index (χ0v) is 12.2. The monoisotopic (exact) mass is 323 g/mol. The minimum Gasteiger partial charge on any atom is -0.488 e. The largest absolute Gasteiger partial charge is 0.488 e. The van der Waals surface area contributed by atoms with Gasteiger partial charge in [0.05, 0.1) is 0 Å². The van der Waals surface area contributed by atoms with Gasteiger partial charge in [0.25, 0.3) is 0 Å². The molecule has 0 radical (unpaired) electrons. The van der Waals surface area contributed by atoms with E-state index in [1.165, 1.54) is 6.07 Å². The first kappa shape index (κ1) is 14.0. The smallest absolute Gasteiger partial charge is 0.131 e. The van der Waals surface area contributed by atoms with Gasteiger partial charge < -0.3 is 10.5 Å². The van der Waals surface area contributed by atoms with Crippen LogP contribution in [0, 0.1) is 5.82 Å². The molecule has 0 aliphatic carbocycles. The molecule has 2 N–H and O–H groups in total. The number of hydrogen-bond donors (Lipinski definition) is 1. The fourth-order valence-electron chi connectivity index (χ4n) is 1.83. The highest BCUT2D eigenvalue weighted by Crippen LogP contribution is 2.27. The summed E-state index contributed by atoms with van der Waals surface area (Å²) in [4.78, 5) is 0. The number of halogens is 2. The Kier molecular flexibility index (Phi) is 4.56. The normalized spacial score (nSPS) is 12.2. The van der Waals surface area contributed by atoms with Gasteiger partial charge in [-0.15, -0.1) is 0 Å². The van der Waals surface area contributed by atoms with Crippen LogP contribution < -0.4 is 10.5 Å². The maximum absolute atomic E-state index is 13.7. The highest BCUT2D eigenvalue weighted by atomic mass is 79.9. The second-order valence-electron chi connectivity index (χ2n) is 4.36. The quantitative estimate of drug-likeness (QED) is 0.915. The molecule has 4 heteroatoms. The fraction of sp³-hybridized carbons (Fsp3) is 0.200. The van der Waals surface area contributed by atoms with Gasteiger partial charge in [-0.3, -0.25) is 0 Å². The Labute approximate surface area is 120 Å². The maximum atomic E-state index is 13.7. The third-order valence-corrected chi connectivity index (χ3v) is 3.30. The fourth-order valence-corrected chi connectivity index (χ4v) is 2.09. The van der Waals surface area contributed by atoms with Gasteiger partial charge in [0.1, 0.15) is 18.2 Å². The minimum atomic E-state index is -0.402. The van der Waals surface area contributed by atoms with Gasteiger partial charge in [-0.05, 0) is 36.8 Å². The van der Waals surface area contributed by atoms with Gasteiger partial charge in [-0.25, -0.2) is 4.39 Å². The maximum Gasteiger partial charge on any atom is 0.131 e. The van der Waals surface area contributed by atoms with E-state index in [2.05, 4.69) is 15.9 Å². The number of hydrogen-bond acceptors (Lipinski definition) is 2. The van der Waals surface area contributed by atoms with Gasteiger partial charge in [-0.2, -0.15) is 0 Å². The zero-order valence-electron chi connectivity index (χ0n) is 10.6. The summed E-state index contributed by atoms with van der Waals surface area (Å²) < 4.78 is 20.4. The molecule has 0 unspecified atom stereocenters. The third kappa shape index (κ3) is 3.55. The zero-order chi connectivity index (χ0) is 13.8. The van der Waals surface area contributed by atoms with Crippen molar-refractivity contribution in [2.75, 3.05) is 0 Å². The molecule has 0 aromatic heterocycles. The van der Waals surface area contributed by atoms with Crippen molar-refractivity contribution < 1.29 is 9.13 Å². The van der Waals surface area contributed by atoms with Gasteiger partial charge in [0.15, 0.2) is 0 Å². The van der Waals surface area contributed by atoms with E-state index < -0.39 is 6.04 Å².